The molecule has 1 saturated heterocycles. The molecule has 34 heavy (non-hydrogen) atoms. The fraction of sp³-hybridized carbons (Fsp3) is 0.393. The Bertz CT molecular complexity index is 1220. The first-order valence-corrected chi connectivity index (χ1v) is 15.3. The van der Waals surface area contributed by atoms with Crippen molar-refractivity contribution < 1.29 is 19.4 Å². The van der Waals surface area contributed by atoms with Crippen molar-refractivity contribution in [2.75, 3.05) is 11.5 Å². The number of ether oxygens (including phenoxy) is 1. The fourth-order valence-corrected chi connectivity index (χ4v) is 8.80. The van der Waals surface area contributed by atoms with Gasteiger partial charge in [-0.05, 0) is 73.5 Å². The summed E-state index contributed by atoms with van der Waals surface area (Å²) in [7, 11) is -2.41. The normalized spacial score (nSPS) is 24.4. The van der Waals surface area contributed by atoms with E-state index in [1.165, 1.54) is 0 Å². The number of amides is 1. The zero-order chi connectivity index (χ0) is 24.0. The summed E-state index contributed by atoms with van der Waals surface area (Å²) in [5, 5.41) is 11.6. The molecule has 0 spiro atoms. The first kappa shape index (κ1) is 23.2. The highest BCUT2D eigenvalue weighted by atomic mass is 28.4. The van der Waals surface area contributed by atoms with Gasteiger partial charge < -0.3 is 14.6 Å². The topological polar surface area (TPSA) is 70.0 Å². The van der Waals surface area contributed by atoms with Gasteiger partial charge in [0.2, 0.25) is 0 Å². The van der Waals surface area contributed by atoms with Crippen LogP contribution < -0.4 is 4.90 Å². The number of nitrogens with zero attached hydrogens (tertiary/aromatic N) is 1. The third kappa shape index (κ3) is 3.99. The summed E-state index contributed by atoms with van der Waals surface area (Å²) >= 11 is 0. The first-order valence-electron chi connectivity index (χ1n) is 12.2. The van der Waals surface area contributed by atoms with Gasteiger partial charge in [-0.1, -0.05) is 43.3 Å². The van der Waals surface area contributed by atoms with Gasteiger partial charge in [-0.2, -0.15) is 0 Å². The van der Waals surface area contributed by atoms with Gasteiger partial charge in [0.25, 0.3) is 5.91 Å². The maximum Gasteiger partial charge on any atom is 0.263 e. The second kappa shape index (κ2) is 8.93. The predicted octanol–water partition coefficient (Wildman–Crippen LogP) is 5.42. The molecular formula is C28H33NO4Si. The van der Waals surface area contributed by atoms with E-state index in [-0.39, 0.29) is 36.2 Å². The van der Waals surface area contributed by atoms with Crippen LogP contribution in [0, 0.1) is 5.92 Å². The zero-order valence-electron chi connectivity index (χ0n) is 20.1. The Morgan fingerprint density at radius 2 is 1.74 bits per heavy atom. The molecule has 0 unspecified atom stereocenters. The van der Waals surface area contributed by atoms with Crippen molar-refractivity contribution >= 4 is 36.4 Å². The van der Waals surface area contributed by atoms with Crippen LogP contribution >= 0.6 is 0 Å². The van der Waals surface area contributed by atoms with Crippen LogP contribution in [0.5, 0.6) is 0 Å². The Morgan fingerprint density at radius 1 is 1.00 bits per heavy atom. The van der Waals surface area contributed by atoms with Crippen LogP contribution in [0.3, 0.4) is 0 Å². The van der Waals surface area contributed by atoms with E-state index in [0.29, 0.717) is 6.42 Å². The van der Waals surface area contributed by atoms with Gasteiger partial charge in [0.1, 0.15) is 0 Å². The lowest BCUT2D eigenvalue weighted by molar-refractivity contribution is 0.0192. The molecule has 6 heteroatoms. The van der Waals surface area contributed by atoms with Gasteiger partial charge in [0, 0.05) is 23.2 Å². The molecule has 0 saturated carbocycles. The predicted molar refractivity (Wildman–Crippen MR) is 138 cm³/mol. The van der Waals surface area contributed by atoms with Crippen LogP contribution in [0.4, 0.5) is 11.4 Å². The number of carbonyl (C=O) groups excluding carboxylic acids is 1. The average Bonchev–Trinajstić information content (AvgIpc) is 3.28. The summed E-state index contributed by atoms with van der Waals surface area (Å²) in [6.07, 6.45) is 2.21. The Kier molecular flexibility index (Phi) is 6.10. The minimum atomic E-state index is -2.41. The Labute approximate surface area is 202 Å². The number of aliphatic hydroxyl groups is 1. The van der Waals surface area contributed by atoms with Gasteiger partial charge in [0.05, 0.1) is 23.5 Å². The molecule has 5 nitrogen and oxygen atoms in total. The number of carbonyl (C=O) groups is 1. The standard InChI is InChI=1S/C28H33NO4Si/c1-18-24(33-25(15-16-30)27(18)34(2,3)32)14-13-19-7-4-10-21(17-19)29-23-12-6-9-20-8-5-11-22(26(20)23)28(29)31/h4-12,17-18,24-25,27,30,32H,13-16H2,1-3H3/t18-,24+,25-,27+/m1/s1. The fourth-order valence-electron chi connectivity index (χ4n) is 6.14. The average molecular weight is 476 g/mol. The van der Waals surface area contributed by atoms with Crippen molar-refractivity contribution in [1.29, 1.82) is 0 Å². The van der Waals surface area contributed by atoms with Crippen LogP contribution in [0.2, 0.25) is 18.6 Å². The van der Waals surface area contributed by atoms with E-state index in [2.05, 4.69) is 19.1 Å². The minimum Gasteiger partial charge on any atom is -0.432 e. The van der Waals surface area contributed by atoms with Crippen molar-refractivity contribution in [3.63, 3.8) is 0 Å². The smallest absolute Gasteiger partial charge is 0.263 e. The van der Waals surface area contributed by atoms with Crippen LogP contribution in [0.1, 0.15) is 35.7 Å². The maximum atomic E-state index is 13.3. The number of aryl methyl sites for hydroxylation is 1. The largest absolute Gasteiger partial charge is 0.432 e. The molecule has 3 aromatic carbocycles. The van der Waals surface area contributed by atoms with Gasteiger partial charge >= 0.3 is 0 Å². The van der Waals surface area contributed by atoms with E-state index in [4.69, 9.17) is 4.74 Å². The number of hydrogen-bond donors (Lipinski definition) is 2. The molecule has 4 atom stereocenters. The van der Waals surface area contributed by atoms with Crippen molar-refractivity contribution in [3.05, 3.63) is 71.8 Å². The van der Waals surface area contributed by atoms with Gasteiger partial charge in [-0.25, -0.2) is 0 Å². The zero-order valence-corrected chi connectivity index (χ0v) is 21.1. The molecule has 1 amide bonds. The van der Waals surface area contributed by atoms with Crippen molar-refractivity contribution in [2.45, 2.75) is 57.0 Å². The van der Waals surface area contributed by atoms with Crippen molar-refractivity contribution in [3.8, 4) is 0 Å². The highest BCUT2D eigenvalue weighted by Crippen LogP contribution is 2.46. The third-order valence-corrected chi connectivity index (χ3v) is 10.1. The minimum absolute atomic E-state index is 0.0153. The molecule has 0 aromatic heterocycles. The Balaban J connectivity index is 1.35. The molecule has 2 aliphatic heterocycles. The molecule has 2 aliphatic rings. The molecule has 0 aliphatic carbocycles. The first-order chi connectivity index (χ1) is 16.3. The van der Waals surface area contributed by atoms with Crippen LogP contribution in [-0.2, 0) is 11.2 Å². The van der Waals surface area contributed by atoms with Gasteiger partial charge in [0.15, 0.2) is 8.32 Å². The third-order valence-electron chi connectivity index (χ3n) is 7.58. The lowest BCUT2D eigenvalue weighted by Gasteiger charge is -2.30. The van der Waals surface area contributed by atoms with Gasteiger partial charge in [-0.15, -0.1) is 0 Å². The highest BCUT2D eigenvalue weighted by Gasteiger charge is 2.49. The van der Waals surface area contributed by atoms with Gasteiger partial charge in [-0.3, -0.25) is 9.69 Å². The molecule has 2 N–H and O–H groups in total. The molecule has 0 radical (unpaired) electrons. The molecule has 3 aromatic rings. The second-order valence-corrected chi connectivity index (χ2v) is 14.3. The molecule has 1 fully saturated rings. The summed E-state index contributed by atoms with van der Waals surface area (Å²) in [5.74, 6) is 0.264. The number of aliphatic hydroxyl groups excluding tert-OH is 1. The van der Waals surface area contributed by atoms with E-state index >= 15 is 0 Å². The van der Waals surface area contributed by atoms with E-state index in [9.17, 15) is 14.7 Å². The van der Waals surface area contributed by atoms with Crippen molar-refractivity contribution in [1.82, 2.24) is 0 Å². The quantitative estimate of drug-likeness (QED) is 0.448. The van der Waals surface area contributed by atoms with E-state index in [1.54, 1.807) is 0 Å². The lowest BCUT2D eigenvalue weighted by atomic mass is 9.95. The van der Waals surface area contributed by atoms with E-state index in [1.807, 2.05) is 66.5 Å². The highest BCUT2D eigenvalue weighted by molar-refractivity contribution is 6.71. The lowest BCUT2D eigenvalue weighted by Crippen LogP contribution is -2.40. The summed E-state index contributed by atoms with van der Waals surface area (Å²) in [6.45, 7) is 6.19. The Morgan fingerprint density at radius 3 is 2.47 bits per heavy atom. The molecule has 0 bridgehead atoms. The second-order valence-electron chi connectivity index (χ2n) is 10.3. The van der Waals surface area contributed by atoms with Crippen LogP contribution in [0.15, 0.2) is 60.7 Å². The SMILES string of the molecule is C[C@H]1[C@H]([Si](C)(C)O)[C@@H](CCO)O[C@H]1CCc1cccc(N2C(=O)c3cccc4cccc2c34)c1. The Hall–Kier alpha value is -2.51. The maximum absolute atomic E-state index is 13.3. The van der Waals surface area contributed by atoms with Crippen molar-refractivity contribution in [2.24, 2.45) is 5.92 Å². The van der Waals surface area contributed by atoms with E-state index in [0.717, 1.165) is 46.1 Å². The summed E-state index contributed by atoms with van der Waals surface area (Å²) < 4.78 is 6.35. The molecule has 178 valence electrons. The molecule has 2 heterocycles. The summed E-state index contributed by atoms with van der Waals surface area (Å²) in [6, 6.07) is 20.2. The van der Waals surface area contributed by atoms with Crippen LogP contribution in [-0.4, -0.2) is 42.9 Å². The van der Waals surface area contributed by atoms with E-state index < -0.39 is 8.32 Å². The number of rotatable bonds is 7. The summed E-state index contributed by atoms with van der Waals surface area (Å²) in [4.78, 5) is 26.0. The molecule has 5 rings (SSSR count). The molecular weight excluding hydrogens is 442 g/mol. The summed E-state index contributed by atoms with van der Waals surface area (Å²) in [5.41, 5.74) is 3.85. The number of benzene rings is 3. The monoisotopic (exact) mass is 475 g/mol. The van der Waals surface area contributed by atoms with Crippen LogP contribution in [0.25, 0.3) is 10.8 Å². The number of anilines is 2. The number of hydrogen-bond acceptors (Lipinski definition) is 4.